The topological polar surface area (TPSA) is 207 Å². The minimum absolute atomic E-state index is 0.138. The maximum absolute atomic E-state index is 11.4. The van der Waals surface area contributed by atoms with Crippen molar-refractivity contribution in [3.8, 4) is 0 Å². The summed E-state index contributed by atoms with van der Waals surface area (Å²) in [4.78, 5) is 19.7. The van der Waals surface area contributed by atoms with Gasteiger partial charge in [0.05, 0.1) is 25.9 Å². The van der Waals surface area contributed by atoms with Gasteiger partial charge in [-0.05, 0) is 0 Å². The fraction of sp³-hybridized carbons (Fsp3) is 0.917. The molecule has 0 aliphatic rings. The van der Waals surface area contributed by atoms with Crippen molar-refractivity contribution in [3.05, 3.63) is 0 Å². The van der Waals surface area contributed by atoms with Crippen LogP contribution in [-0.2, 0) is 24.0 Å². The number of carbonyl (C=O) groups is 1. The highest BCUT2D eigenvalue weighted by atomic mass is 17.2. The average molecular weight is 358 g/mol. The number of hydrogen-bond acceptors (Lipinski definition) is 12. The van der Waals surface area contributed by atoms with Crippen molar-refractivity contribution in [1.29, 1.82) is 0 Å². The highest BCUT2D eigenvalue weighted by Crippen LogP contribution is 2.07. The second-order valence-electron chi connectivity index (χ2n) is 4.66. The smallest absolute Gasteiger partial charge is 0.373 e. The zero-order chi connectivity index (χ0) is 18.5. The maximum atomic E-state index is 11.4. The molecule has 12 heteroatoms. The standard InChI is InChI=1S/C12H26N2O10/c13-1-2-21-3-4-22-6-8(16)23-24-12(20)11(19)10(18)9(17)7(15)5-14/h7-11,15-19H,1-6,13-14H2. The van der Waals surface area contributed by atoms with E-state index in [-0.39, 0.29) is 19.8 Å². The predicted octanol–water partition coefficient (Wildman–Crippen LogP) is -4.83. The monoisotopic (exact) mass is 358 g/mol. The Bertz CT molecular complexity index is 335. The first-order valence-corrected chi connectivity index (χ1v) is 7.18. The maximum Gasteiger partial charge on any atom is 0.373 e. The predicted molar refractivity (Wildman–Crippen MR) is 77.0 cm³/mol. The Labute approximate surface area is 138 Å². The van der Waals surface area contributed by atoms with E-state index in [0.717, 1.165) is 0 Å². The molecule has 24 heavy (non-hydrogen) atoms. The van der Waals surface area contributed by atoms with Gasteiger partial charge in [0.25, 0.3) is 0 Å². The Hall–Kier alpha value is -0.930. The van der Waals surface area contributed by atoms with Gasteiger partial charge in [-0.2, -0.15) is 4.89 Å². The molecule has 0 aliphatic carbocycles. The molecule has 5 unspecified atom stereocenters. The molecule has 0 aliphatic heterocycles. The molecule has 0 spiro atoms. The van der Waals surface area contributed by atoms with Crippen LogP contribution in [-0.4, -0.2) is 102 Å². The van der Waals surface area contributed by atoms with Crippen LogP contribution in [0.1, 0.15) is 0 Å². The van der Waals surface area contributed by atoms with E-state index in [1.807, 2.05) is 0 Å². The highest BCUT2D eigenvalue weighted by molar-refractivity contribution is 5.74. The Balaban J connectivity index is 3.97. The molecule has 0 radical (unpaired) electrons. The lowest BCUT2D eigenvalue weighted by molar-refractivity contribution is -0.354. The van der Waals surface area contributed by atoms with Gasteiger partial charge in [0.2, 0.25) is 6.29 Å². The van der Waals surface area contributed by atoms with Crippen molar-refractivity contribution in [2.45, 2.75) is 30.7 Å². The average Bonchev–Trinajstić information content (AvgIpc) is 2.59. The molecule has 0 aromatic heterocycles. The quantitative estimate of drug-likeness (QED) is 0.0675. The van der Waals surface area contributed by atoms with Gasteiger partial charge in [-0.1, -0.05) is 0 Å². The molecular weight excluding hydrogens is 332 g/mol. The second-order valence-corrected chi connectivity index (χ2v) is 4.66. The Kier molecular flexibility index (Phi) is 12.9. The summed E-state index contributed by atoms with van der Waals surface area (Å²) in [5.41, 5.74) is 10.3. The van der Waals surface area contributed by atoms with E-state index in [9.17, 15) is 30.3 Å². The van der Waals surface area contributed by atoms with Crippen molar-refractivity contribution in [3.63, 3.8) is 0 Å². The molecule has 0 aromatic rings. The number of carbonyl (C=O) groups excluding carboxylic acids is 1. The summed E-state index contributed by atoms with van der Waals surface area (Å²) < 4.78 is 9.94. The van der Waals surface area contributed by atoms with Crippen LogP contribution >= 0.6 is 0 Å². The van der Waals surface area contributed by atoms with Crippen LogP contribution in [0.4, 0.5) is 0 Å². The van der Waals surface area contributed by atoms with Crippen molar-refractivity contribution in [1.82, 2.24) is 0 Å². The van der Waals surface area contributed by atoms with E-state index >= 15 is 0 Å². The summed E-state index contributed by atoms with van der Waals surface area (Å²) in [6.45, 7) is 0.362. The normalized spacial score (nSPS) is 17.8. The van der Waals surface area contributed by atoms with Crippen LogP contribution in [0, 0.1) is 0 Å². The fourth-order valence-corrected chi connectivity index (χ4v) is 1.36. The first-order valence-electron chi connectivity index (χ1n) is 7.18. The van der Waals surface area contributed by atoms with E-state index in [0.29, 0.717) is 13.2 Å². The van der Waals surface area contributed by atoms with Crippen LogP contribution in [0.15, 0.2) is 0 Å². The van der Waals surface area contributed by atoms with Gasteiger partial charge >= 0.3 is 5.97 Å². The van der Waals surface area contributed by atoms with Crippen molar-refractivity contribution in [2.75, 3.05) is 39.5 Å². The van der Waals surface area contributed by atoms with Crippen LogP contribution in [0.5, 0.6) is 0 Å². The lowest BCUT2D eigenvalue weighted by atomic mass is 10.0. The molecule has 0 rings (SSSR count). The summed E-state index contributed by atoms with van der Waals surface area (Å²) in [7, 11) is 0. The molecule has 0 amide bonds. The number of nitrogens with two attached hydrogens (primary N) is 2. The third kappa shape index (κ3) is 9.39. The Morgan fingerprint density at radius 2 is 1.54 bits per heavy atom. The molecular formula is C12H26N2O10. The number of aliphatic hydroxyl groups excluding tert-OH is 5. The van der Waals surface area contributed by atoms with Gasteiger partial charge in [-0.15, -0.1) is 0 Å². The lowest BCUT2D eigenvalue weighted by Crippen LogP contribution is -2.50. The molecule has 9 N–H and O–H groups in total. The van der Waals surface area contributed by atoms with Gasteiger partial charge in [0.15, 0.2) is 6.10 Å². The molecule has 0 fully saturated rings. The molecule has 0 saturated heterocycles. The Morgan fingerprint density at radius 3 is 2.12 bits per heavy atom. The van der Waals surface area contributed by atoms with Crippen LogP contribution in [0.25, 0.3) is 0 Å². The van der Waals surface area contributed by atoms with Gasteiger partial charge in [-0.25, -0.2) is 4.79 Å². The summed E-state index contributed by atoms with van der Waals surface area (Å²) in [6.07, 6.45) is -9.36. The molecule has 5 atom stereocenters. The molecule has 0 saturated carbocycles. The zero-order valence-corrected chi connectivity index (χ0v) is 13.1. The summed E-state index contributed by atoms with van der Waals surface area (Å²) >= 11 is 0. The van der Waals surface area contributed by atoms with Gasteiger partial charge in [-0.3, -0.25) is 4.89 Å². The molecule has 0 heterocycles. The van der Waals surface area contributed by atoms with Gasteiger partial charge in [0, 0.05) is 13.1 Å². The molecule has 12 nitrogen and oxygen atoms in total. The summed E-state index contributed by atoms with van der Waals surface area (Å²) in [5, 5.41) is 46.9. The largest absolute Gasteiger partial charge is 0.389 e. The van der Waals surface area contributed by atoms with E-state index in [4.69, 9.17) is 20.9 Å². The fourth-order valence-electron chi connectivity index (χ4n) is 1.36. The van der Waals surface area contributed by atoms with Crippen LogP contribution in [0.2, 0.25) is 0 Å². The number of hydrogen-bond donors (Lipinski definition) is 7. The van der Waals surface area contributed by atoms with Crippen molar-refractivity contribution < 1.29 is 49.6 Å². The molecule has 144 valence electrons. The molecule has 0 bridgehead atoms. The van der Waals surface area contributed by atoms with E-state index in [1.165, 1.54) is 0 Å². The van der Waals surface area contributed by atoms with E-state index in [1.54, 1.807) is 0 Å². The third-order valence-electron chi connectivity index (χ3n) is 2.69. The van der Waals surface area contributed by atoms with Crippen molar-refractivity contribution in [2.24, 2.45) is 11.5 Å². The van der Waals surface area contributed by atoms with Crippen molar-refractivity contribution >= 4 is 5.97 Å². The van der Waals surface area contributed by atoms with Gasteiger partial charge < -0.3 is 46.5 Å². The third-order valence-corrected chi connectivity index (χ3v) is 2.69. The van der Waals surface area contributed by atoms with Crippen LogP contribution in [0.3, 0.4) is 0 Å². The number of rotatable bonds is 14. The zero-order valence-electron chi connectivity index (χ0n) is 13.1. The molecule has 0 aromatic carbocycles. The highest BCUT2D eigenvalue weighted by Gasteiger charge is 2.35. The summed E-state index contributed by atoms with van der Waals surface area (Å²) in [6, 6.07) is 0. The minimum Gasteiger partial charge on any atom is -0.389 e. The van der Waals surface area contributed by atoms with Crippen LogP contribution < -0.4 is 11.5 Å². The first kappa shape index (κ1) is 23.1. The summed E-state index contributed by atoms with van der Waals surface area (Å²) in [5.74, 6) is -1.49. The minimum atomic E-state index is -2.22. The lowest BCUT2D eigenvalue weighted by Gasteiger charge is -2.24. The first-order chi connectivity index (χ1) is 11.3. The Morgan fingerprint density at radius 1 is 0.917 bits per heavy atom. The number of ether oxygens (including phenoxy) is 2. The second kappa shape index (κ2) is 13.4. The SMILES string of the molecule is NCCOCCOCC(O)OOC(=O)C(O)C(O)C(O)C(O)CN. The van der Waals surface area contributed by atoms with E-state index < -0.39 is 43.2 Å². The number of aliphatic hydroxyl groups is 5. The van der Waals surface area contributed by atoms with Gasteiger partial charge in [0.1, 0.15) is 18.8 Å². The van der Waals surface area contributed by atoms with E-state index in [2.05, 4.69) is 9.78 Å².